The first-order valence-electron chi connectivity index (χ1n) is 8.13. The number of amides is 1. The largest absolute Gasteiger partial charge is 0.508 e. The van der Waals surface area contributed by atoms with Crippen LogP contribution < -0.4 is 10.1 Å². The van der Waals surface area contributed by atoms with E-state index in [1.165, 1.54) is 18.2 Å². The molecule has 0 atom stereocenters. The number of benzene rings is 2. The van der Waals surface area contributed by atoms with E-state index in [4.69, 9.17) is 9.84 Å². The molecule has 29 heavy (non-hydrogen) atoms. The highest BCUT2D eigenvalue weighted by Crippen LogP contribution is 2.32. The maximum absolute atomic E-state index is 12.3. The van der Waals surface area contributed by atoms with Crippen LogP contribution in [0.25, 0.3) is 6.08 Å². The number of thioether (sulfide) groups is 1. The summed E-state index contributed by atoms with van der Waals surface area (Å²) in [5, 5.41) is 30.2. The molecular formula is C19H14N2O7S. The second-order valence-electron chi connectivity index (χ2n) is 5.71. The van der Waals surface area contributed by atoms with Crippen LogP contribution in [0, 0.1) is 0 Å². The van der Waals surface area contributed by atoms with Crippen molar-refractivity contribution in [1.29, 1.82) is 0 Å². The van der Waals surface area contributed by atoms with Crippen molar-refractivity contribution in [3.8, 4) is 11.5 Å². The van der Waals surface area contributed by atoms with Gasteiger partial charge in [0.1, 0.15) is 11.5 Å². The SMILES string of the molecule is O=C(O)COc1ccccc1/C=C1\SC(=Nc2ccc(O)cc2C(=O)O)NC1=O. The Morgan fingerprint density at radius 2 is 1.93 bits per heavy atom. The monoisotopic (exact) mass is 414 g/mol. The molecule has 0 aliphatic carbocycles. The molecule has 1 saturated heterocycles. The van der Waals surface area contributed by atoms with Crippen molar-refractivity contribution in [1.82, 2.24) is 5.32 Å². The predicted molar refractivity (Wildman–Crippen MR) is 105 cm³/mol. The number of carboxylic acid groups (broad SMARTS) is 2. The lowest BCUT2D eigenvalue weighted by Crippen LogP contribution is -2.19. The highest BCUT2D eigenvalue weighted by atomic mass is 32.2. The van der Waals surface area contributed by atoms with E-state index in [-0.39, 0.29) is 27.1 Å². The molecule has 1 aliphatic rings. The average molecular weight is 414 g/mol. The number of aromatic carboxylic acids is 1. The van der Waals surface area contributed by atoms with Gasteiger partial charge < -0.3 is 25.4 Å². The van der Waals surface area contributed by atoms with Gasteiger partial charge in [0.15, 0.2) is 11.8 Å². The lowest BCUT2D eigenvalue weighted by Gasteiger charge is -2.06. The zero-order chi connectivity index (χ0) is 21.0. The quantitative estimate of drug-likeness (QED) is 0.527. The Morgan fingerprint density at radius 3 is 2.66 bits per heavy atom. The van der Waals surface area contributed by atoms with Crippen molar-refractivity contribution in [3.05, 3.63) is 58.5 Å². The van der Waals surface area contributed by atoms with Gasteiger partial charge in [-0.1, -0.05) is 18.2 Å². The van der Waals surface area contributed by atoms with Gasteiger partial charge in [-0.25, -0.2) is 14.6 Å². The molecule has 0 bridgehead atoms. The number of aromatic hydroxyl groups is 1. The number of carbonyl (C=O) groups excluding carboxylic acids is 1. The maximum atomic E-state index is 12.3. The van der Waals surface area contributed by atoms with Crippen molar-refractivity contribution in [3.63, 3.8) is 0 Å². The third kappa shape index (κ3) is 4.93. The Kier molecular flexibility index (Phi) is 5.84. The lowest BCUT2D eigenvalue weighted by molar-refractivity contribution is -0.139. The summed E-state index contributed by atoms with van der Waals surface area (Å²) in [7, 11) is 0. The van der Waals surface area contributed by atoms with Gasteiger partial charge in [0, 0.05) is 5.56 Å². The summed E-state index contributed by atoms with van der Waals surface area (Å²) in [6, 6.07) is 10.3. The minimum Gasteiger partial charge on any atom is -0.508 e. The van der Waals surface area contributed by atoms with Crippen molar-refractivity contribution in [2.45, 2.75) is 0 Å². The summed E-state index contributed by atoms with van der Waals surface area (Å²) in [5.41, 5.74) is 0.366. The van der Waals surface area contributed by atoms with Gasteiger partial charge >= 0.3 is 11.9 Å². The fraction of sp³-hybridized carbons (Fsp3) is 0.0526. The van der Waals surface area contributed by atoms with E-state index < -0.39 is 24.5 Å². The third-order valence-electron chi connectivity index (χ3n) is 3.64. The Labute approximate surface area is 168 Å². The summed E-state index contributed by atoms with van der Waals surface area (Å²) in [4.78, 5) is 38.7. The first-order chi connectivity index (χ1) is 13.8. The number of hydrogen-bond donors (Lipinski definition) is 4. The van der Waals surface area contributed by atoms with E-state index in [2.05, 4.69) is 10.3 Å². The summed E-state index contributed by atoms with van der Waals surface area (Å²) >= 11 is 0.989. The molecule has 1 amide bonds. The zero-order valence-electron chi connectivity index (χ0n) is 14.7. The number of nitrogens with zero attached hydrogens (tertiary/aromatic N) is 1. The molecule has 0 radical (unpaired) electrons. The Bertz CT molecular complexity index is 1060. The lowest BCUT2D eigenvalue weighted by atomic mass is 10.2. The molecule has 10 heteroatoms. The molecule has 0 unspecified atom stereocenters. The van der Waals surface area contributed by atoms with Crippen LogP contribution in [0.3, 0.4) is 0 Å². The molecule has 0 saturated carbocycles. The molecule has 4 N–H and O–H groups in total. The summed E-state index contributed by atoms with van der Waals surface area (Å²) in [6.45, 7) is -0.523. The Balaban J connectivity index is 1.87. The molecule has 148 valence electrons. The van der Waals surface area contributed by atoms with Crippen LogP contribution in [0.2, 0.25) is 0 Å². The highest BCUT2D eigenvalue weighted by Gasteiger charge is 2.25. The van der Waals surface area contributed by atoms with Gasteiger partial charge in [-0.15, -0.1) is 0 Å². The van der Waals surface area contributed by atoms with Crippen molar-refractivity contribution < 1.29 is 34.4 Å². The second kappa shape index (κ2) is 8.48. The average Bonchev–Trinajstić information content (AvgIpc) is 3.01. The number of carbonyl (C=O) groups is 3. The number of phenols is 1. The highest BCUT2D eigenvalue weighted by molar-refractivity contribution is 8.18. The first-order valence-corrected chi connectivity index (χ1v) is 8.94. The maximum Gasteiger partial charge on any atom is 0.341 e. The minimum absolute atomic E-state index is 0.0736. The number of nitrogens with one attached hydrogen (secondary N) is 1. The van der Waals surface area contributed by atoms with Crippen LogP contribution in [0.4, 0.5) is 5.69 Å². The van der Waals surface area contributed by atoms with Crippen LogP contribution >= 0.6 is 11.8 Å². The van der Waals surface area contributed by atoms with Gasteiger partial charge in [0.25, 0.3) is 5.91 Å². The number of aliphatic carboxylic acids is 1. The molecule has 1 aliphatic heterocycles. The smallest absolute Gasteiger partial charge is 0.341 e. The molecule has 3 rings (SSSR count). The van der Waals surface area contributed by atoms with Crippen molar-refractivity contribution in [2.75, 3.05) is 6.61 Å². The molecule has 9 nitrogen and oxygen atoms in total. The molecule has 0 aromatic heterocycles. The number of ether oxygens (including phenoxy) is 1. The topological polar surface area (TPSA) is 146 Å². The van der Waals surface area contributed by atoms with Gasteiger partial charge in [0.2, 0.25) is 0 Å². The Hall–Kier alpha value is -3.79. The molecule has 1 fully saturated rings. The number of para-hydroxylation sites is 1. The summed E-state index contributed by atoms with van der Waals surface area (Å²) in [5.74, 6) is -2.76. The second-order valence-corrected chi connectivity index (χ2v) is 6.74. The first kappa shape index (κ1) is 20.0. The molecule has 2 aromatic rings. The number of carboxylic acids is 2. The van der Waals surface area contributed by atoms with E-state index >= 15 is 0 Å². The van der Waals surface area contributed by atoms with Crippen LogP contribution in [-0.4, -0.2) is 44.9 Å². The predicted octanol–water partition coefficient (Wildman–Crippen LogP) is 2.45. The fourth-order valence-corrected chi connectivity index (χ4v) is 3.22. The van der Waals surface area contributed by atoms with E-state index in [0.29, 0.717) is 11.3 Å². The van der Waals surface area contributed by atoms with E-state index in [0.717, 1.165) is 17.8 Å². The van der Waals surface area contributed by atoms with Gasteiger partial charge in [0.05, 0.1) is 16.2 Å². The molecular weight excluding hydrogens is 400 g/mol. The minimum atomic E-state index is -1.27. The van der Waals surface area contributed by atoms with Crippen molar-refractivity contribution in [2.24, 2.45) is 4.99 Å². The van der Waals surface area contributed by atoms with Crippen LogP contribution in [0.15, 0.2) is 52.4 Å². The third-order valence-corrected chi connectivity index (χ3v) is 4.55. The van der Waals surface area contributed by atoms with Crippen molar-refractivity contribution >= 4 is 46.5 Å². The normalized spacial score (nSPS) is 16.1. The molecule has 1 heterocycles. The standard InChI is InChI=1S/C19H14N2O7S/c22-11-5-6-13(12(8-11)18(26)27)20-19-21-17(25)15(29-19)7-10-3-1-2-4-14(10)28-9-16(23)24/h1-8,22H,9H2,(H,23,24)(H,26,27)(H,20,21,25)/b15-7-. The number of hydrogen-bond acceptors (Lipinski definition) is 7. The van der Waals surface area contributed by atoms with E-state index in [9.17, 15) is 24.6 Å². The van der Waals surface area contributed by atoms with Crippen LogP contribution in [-0.2, 0) is 9.59 Å². The number of phenolic OH excluding ortho intramolecular Hbond substituents is 1. The zero-order valence-corrected chi connectivity index (χ0v) is 15.5. The number of amidine groups is 1. The summed E-state index contributed by atoms with van der Waals surface area (Å²) < 4.78 is 5.22. The fourth-order valence-electron chi connectivity index (χ4n) is 2.39. The van der Waals surface area contributed by atoms with Gasteiger partial charge in [-0.05, 0) is 42.1 Å². The molecule has 2 aromatic carbocycles. The van der Waals surface area contributed by atoms with Gasteiger partial charge in [-0.2, -0.15) is 0 Å². The van der Waals surface area contributed by atoms with Crippen LogP contribution in [0.1, 0.15) is 15.9 Å². The van der Waals surface area contributed by atoms with Gasteiger partial charge in [-0.3, -0.25) is 4.79 Å². The van der Waals surface area contributed by atoms with E-state index in [1.807, 2.05) is 0 Å². The van der Waals surface area contributed by atoms with E-state index in [1.54, 1.807) is 24.3 Å². The van der Waals surface area contributed by atoms with Crippen LogP contribution in [0.5, 0.6) is 11.5 Å². The Morgan fingerprint density at radius 1 is 1.17 bits per heavy atom. The number of rotatable bonds is 6. The molecule has 0 spiro atoms. The summed E-state index contributed by atoms with van der Waals surface area (Å²) in [6.07, 6.45) is 1.52. The number of aliphatic imine (C=N–C) groups is 1.